The Bertz CT molecular complexity index is 1010. The summed E-state index contributed by atoms with van der Waals surface area (Å²) in [6, 6.07) is 5.74. The van der Waals surface area contributed by atoms with Crippen molar-refractivity contribution in [3.8, 4) is 0 Å². The number of hydrogen-bond donors (Lipinski definition) is 3. The monoisotopic (exact) mass is 458 g/mol. The van der Waals surface area contributed by atoms with Crippen molar-refractivity contribution < 1.29 is 37.7 Å². The van der Waals surface area contributed by atoms with Gasteiger partial charge in [0.1, 0.15) is 5.56 Å². The summed E-state index contributed by atoms with van der Waals surface area (Å²) in [5.41, 5.74) is 1.21. The Morgan fingerprint density at radius 1 is 1.28 bits per heavy atom. The molecule has 1 aliphatic rings. The molecule has 1 saturated heterocycles. The van der Waals surface area contributed by atoms with Crippen molar-refractivity contribution in [1.29, 1.82) is 0 Å². The van der Waals surface area contributed by atoms with E-state index in [1.165, 1.54) is 6.20 Å². The number of aliphatic carboxylic acids is 1. The summed E-state index contributed by atoms with van der Waals surface area (Å²) in [6.45, 7) is 5.17. The second-order valence-electron chi connectivity index (χ2n) is 7.21. The van der Waals surface area contributed by atoms with E-state index in [-0.39, 0.29) is 5.56 Å². The highest BCUT2D eigenvalue weighted by Crippen LogP contribution is 2.16. The molecule has 1 aromatic carbocycles. The van der Waals surface area contributed by atoms with Crippen LogP contribution in [0.5, 0.6) is 0 Å². The number of aromatic nitrogens is 1. The molecule has 2 aromatic rings. The molecule has 1 unspecified atom stereocenters. The third-order valence-electron chi connectivity index (χ3n) is 4.94. The number of halogens is 3. The Hall–Kier alpha value is -2.92. The number of hydrogen-bond acceptors (Lipinski definition) is 5. The Morgan fingerprint density at radius 3 is 2.50 bits per heavy atom. The van der Waals surface area contributed by atoms with Crippen LogP contribution in [0.4, 0.5) is 13.2 Å². The second-order valence-corrected chi connectivity index (χ2v) is 7.21. The summed E-state index contributed by atoms with van der Waals surface area (Å²) in [4.78, 5) is 32.7. The van der Waals surface area contributed by atoms with Crippen molar-refractivity contribution in [2.75, 3.05) is 19.7 Å². The number of rotatable bonds is 7. The maximum atomic E-state index is 12.5. The zero-order valence-corrected chi connectivity index (χ0v) is 17.4. The van der Waals surface area contributed by atoms with Gasteiger partial charge in [0.15, 0.2) is 0 Å². The zero-order valence-electron chi connectivity index (χ0n) is 17.4. The Kier molecular flexibility index (Phi) is 8.79. The molecule has 0 radical (unpaired) electrons. The molecule has 8 nitrogen and oxygen atoms in total. The van der Waals surface area contributed by atoms with E-state index in [2.05, 4.69) is 5.32 Å². The van der Waals surface area contributed by atoms with Crippen LogP contribution in [0.2, 0.25) is 0 Å². The van der Waals surface area contributed by atoms with Gasteiger partial charge in [0.2, 0.25) is 5.43 Å². The van der Waals surface area contributed by atoms with Crippen LogP contribution < -0.4 is 10.7 Å². The number of aryl methyl sites for hydroxylation is 2. The minimum absolute atomic E-state index is 0.177. The predicted molar refractivity (Wildman–Crippen MR) is 110 cm³/mol. The number of ether oxygens (including phenoxy) is 1. The summed E-state index contributed by atoms with van der Waals surface area (Å²) in [5.74, 6) is -3.94. The van der Waals surface area contributed by atoms with Gasteiger partial charge < -0.3 is 24.8 Å². The van der Waals surface area contributed by atoms with Crippen LogP contribution in [0.3, 0.4) is 0 Å². The zero-order chi connectivity index (χ0) is 23.9. The Morgan fingerprint density at radius 2 is 1.97 bits per heavy atom. The van der Waals surface area contributed by atoms with Gasteiger partial charge in [-0.3, -0.25) is 4.79 Å². The molecule has 3 N–H and O–H groups in total. The molecule has 0 bridgehead atoms. The first-order valence-corrected chi connectivity index (χ1v) is 10.1. The fourth-order valence-corrected chi connectivity index (χ4v) is 3.31. The highest BCUT2D eigenvalue weighted by Gasteiger charge is 2.38. The lowest BCUT2D eigenvalue weighted by molar-refractivity contribution is -0.192. The van der Waals surface area contributed by atoms with E-state index in [0.29, 0.717) is 24.6 Å². The number of nitrogens with one attached hydrogen (secondary N) is 1. The van der Waals surface area contributed by atoms with Crippen molar-refractivity contribution in [3.63, 3.8) is 0 Å². The van der Waals surface area contributed by atoms with Gasteiger partial charge in [-0.25, -0.2) is 9.59 Å². The third kappa shape index (κ3) is 6.79. The smallest absolute Gasteiger partial charge is 0.477 e. The van der Waals surface area contributed by atoms with Crippen LogP contribution >= 0.6 is 0 Å². The molecule has 1 aliphatic heterocycles. The maximum Gasteiger partial charge on any atom is 0.490 e. The maximum absolute atomic E-state index is 12.5. The highest BCUT2D eigenvalue weighted by molar-refractivity contribution is 5.92. The topological polar surface area (TPSA) is 118 Å². The summed E-state index contributed by atoms with van der Waals surface area (Å²) in [7, 11) is 0. The molecule has 176 valence electrons. The van der Waals surface area contributed by atoms with Crippen LogP contribution in [0.15, 0.2) is 29.2 Å². The van der Waals surface area contributed by atoms with Crippen molar-refractivity contribution in [1.82, 2.24) is 9.88 Å². The van der Waals surface area contributed by atoms with Gasteiger partial charge in [-0.05, 0) is 50.4 Å². The number of nitrogens with zero attached hydrogens (tertiary/aromatic N) is 1. The van der Waals surface area contributed by atoms with E-state index in [9.17, 15) is 27.9 Å². The fourth-order valence-electron chi connectivity index (χ4n) is 3.31. The molecule has 1 aromatic heterocycles. The molecular formula is C21H25F3N2O6. The third-order valence-corrected chi connectivity index (χ3v) is 4.94. The number of carbonyl (C=O) groups is 2. The number of carboxylic acids is 2. The van der Waals surface area contributed by atoms with E-state index >= 15 is 0 Å². The molecule has 1 fully saturated rings. The first-order chi connectivity index (χ1) is 15.0. The standard InChI is InChI=1S/C19H24N2O4.C2HF3O2/c1-2-21-12-16(19(23)24)18(22)15-10-13(5-6-17(15)21)4-3-9-25-14-7-8-20-11-14;3-2(4,5)1(6)7/h5-6,10,12,14,20H,2-4,7-9,11H2,1H3,(H,23,24);(H,6,7). The van der Waals surface area contributed by atoms with Crippen molar-refractivity contribution in [3.05, 3.63) is 45.7 Å². The van der Waals surface area contributed by atoms with Gasteiger partial charge in [-0.15, -0.1) is 0 Å². The number of aromatic carboxylic acids is 1. The van der Waals surface area contributed by atoms with Crippen LogP contribution in [0, 0.1) is 0 Å². The van der Waals surface area contributed by atoms with Crippen molar-refractivity contribution in [2.45, 2.75) is 45.0 Å². The summed E-state index contributed by atoms with van der Waals surface area (Å²) < 4.78 is 39.4. The SMILES string of the molecule is CCn1cc(C(=O)O)c(=O)c2cc(CCCOC3CCNC3)ccc21.O=C(O)C(F)(F)F. The van der Waals surface area contributed by atoms with Gasteiger partial charge in [0, 0.05) is 31.3 Å². The molecule has 0 aliphatic carbocycles. The molecule has 11 heteroatoms. The van der Waals surface area contributed by atoms with E-state index < -0.39 is 23.5 Å². The van der Waals surface area contributed by atoms with Crippen LogP contribution in [0.25, 0.3) is 10.9 Å². The summed E-state index contributed by atoms with van der Waals surface area (Å²) in [5, 5.41) is 20.1. The minimum atomic E-state index is -5.08. The Balaban J connectivity index is 0.000000451. The lowest BCUT2D eigenvalue weighted by Crippen LogP contribution is -2.21. The predicted octanol–water partition coefficient (Wildman–Crippen LogP) is 2.66. The van der Waals surface area contributed by atoms with E-state index in [1.807, 2.05) is 25.1 Å². The van der Waals surface area contributed by atoms with Gasteiger partial charge in [-0.2, -0.15) is 13.2 Å². The number of benzene rings is 1. The fraction of sp³-hybridized carbons (Fsp3) is 0.476. The molecule has 3 rings (SSSR count). The number of alkyl halides is 3. The van der Waals surface area contributed by atoms with Gasteiger partial charge in [-0.1, -0.05) is 6.07 Å². The van der Waals surface area contributed by atoms with Crippen LogP contribution in [0.1, 0.15) is 35.7 Å². The summed E-state index contributed by atoms with van der Waals surface area (Å²) in [6.07, 6.45) is -0.603. The summed E-state index contributed by atoms with van der Waals surface area (Å²) >= 11 is 0. The van der Waals surface area contributed by atoms with Gasteiger partial charge in [0.25, 0.3) is 0 Å². The number of carboxylic acid groups (broad SMARTS) is 2. The minimum Gasteiger partial charge on any atom is -0.477 e. The average molecular weight is 458 g/mol. The first-order valence-electron chi connectivity index (χ1n) is 10.1. The lowest BCUT2D eigenvalue weighted by Gasteiger charge is -2.12. The quantitative estimate of drug-likeness (QED) is 0.546. The van der Waals surface area contributed by atoms with Crippen LogP contribution in [-0.2, 0) is 22.5 Å². The molecular weight excluding hydrogens is 433 g/mol. The van der Waals surface area contributed by atoms with Gasteiger partial charge in [0.05, 0.1) is 11.6 Å². The molecule has 32 heavy (non-hydrogen) atoms. The lowest BCUT2D eigenvalue weighted by atomic mass is 10.0. The molecule has 2 heterocycles. The normalized spacial score (nSPS) is 15.9. The number of fused-ring (bicyclic) bond motifs is 1. The molecule has 0 spiro atoms. The molecule has 0 saturated carbocycles. The average Bonchev–Trinajstić information content (AvgIpc) is 3.25. The first kappa shape index (κ1) is 25.3. The molecule has 1 atom stereocenters. The highest BCUT2D eigenvalue weighted by atomic mass is 19.4. The second kappa shape index (κ2) is 11.1. The van der Waals surface area contributed by atoms with E-state index in [0.717, 1.165) is 43.4 Å². The Labute approximate surface area is 181 Å². The largest absolute Gasteiger partial charge is 0.490 e. The van der Waals surface area contributed by atoms with Gasteiger partial charge >= 0.3 is 18.1 Å². The number of pyridine rings is 1. The van der Waals surface area contributed by atoms with E-state index in [1.54, 1.807) is 4.57 Å². The molecule has 0 amide bonds. The van der Waals surface area contributed by atoms with E-state index in [4.69, 9.17) is 14.6 Å². The van der Waals surface area contributed by atoms with Crippen molar-refractivity contribution in [2.24, 2.45) is 0 Å². The van der Waals surface area contributed by atoms with Crippen molar-refractivity contribution >= 4 is 22.8 Å². The van der Waals surface area contributed by atoms with Crippen LogP contribution in [-0.4, -0.2) is 58.7 Å².